The molecule has 2 atom stereocenters. The summed E-state index contributed by atoms with van der Waals surface area (Å²) in [6, 6.07) is 18.1. The number of carbonyl (C=O) groups excluding carboxylic acids is 2. The van der Waals surface area contributed by atoms with Gasteiger partial charge in [-0.15, -0.1) is 22.7 Å². The largest absolute Gasteiger partial charge is 0.297 e. The molecule has 2 aromatic heterocycles. The average molecular weight is 611 g/mol. The zero-order valence-corrected chi connectivity index (χ0v) is 27.9. The Balaban J connectivity index is 1.76. The van der Waals surface area contributed by atoms with Crippen LogP contribution in [0.15, 0.2) is 59.3 Å². The Bertz CT molecular complexity index is 1420. The molecule has 0 saturated heterocycles. The normalized spacial score (nSPS) is 14.7. The van der Waals surface area contributed by atoms with Crippen LogP contribution in [-0.4, -0.2) is 12.6 Å². The van der Waals surface area contributed by atoms with Gasteiger partial charge in [-0.25, -0.2) is 0 Å². The van der Waals surface area contributed by atoms with E-state index in [4.69, 9.17) is 0 Å². The maximum absolute atomic E-state index is 12.0. The van der Waals surface area contributed by atoms with Crippen molar-refractivity contribution in [2.45, 2.75) is 97.3 Å². The van der Waals surface area contributed by atoms with E-state index in [2.05, 4.69) is 76.2 Å². The highest BCUT2D eigenvalue weighted by atomic mass is 32.1. The minimum atomic E-state index is -0.117. The quantitative estimate of drug-likeness (QED) is 0.118. The van der Waals surface area contributed by atoms with E-state index in [1.165, 1.54) is 96.3 Å². The van der Waals surface area contributed by atoms with Gasteiger partial charge in [0, 0.05) is 16.5 Å². The van der Waals surface area contributed by atoms with E-state index in [0.717, 1.165) is 57.4 Å². The lowest BCUT2D eigenvalue weighted by Crippen LogP contribution is -2.31. The van der Waals surface area contributed by atoms with E-state index in [9.17, 15) is 9.59 Å². The summed E-state index contributed by atoms with van der Waals surface area (Å²) in [6.07, 6.45) is 14.1. The average Bonchev–Trinajstić information content (AvgIpc) is 3.78. The topological polar surface area (TPSA) is 34.1 Å². The molecule has 0 radical (unpaired) electrons. The van der Waals surface area contributed by atoms with Crippen molar-refractivity contribution in [1.29, 1.82) is 0 Å². The van der Waals surface area contributed by atoms with Gasteiger partial charge in [0.2, 0.25) is 0 Å². The predicted octanol–water partition coefficient (Wildman–Crippen LogP) is 12.2. The molecule has 4 aromatic rings. The summed E-state index contributed by atoms with van der Waals surface area (Å²) in [5.41, 5.74) is 9.80. The fourth-order valence-corrected chi connectivity index (χ4v) is 8.97. The summed E-state index contributed by atoms with van der Waals surface area (Å²) in [5.74, 6) is 1.27. The lowest BCUT2D eigenvalue weighted by molar-refractivity contribution is 0.111. The fourth-order valence-electron chi connectivity index (χ4n) is 7.53. The molecule has 0 saturated carbocycles. The van der Waals surface area contributed by atoms with Gasteiger partial charge in [0.1, 0.15) is 0 Å². The molecule has 0 amide bonds. The second-order valence-electron chi connectivity index (χ2n) is 12.5. The number of thiophene rings is 2. The Kier molecular flexibility index (Phi) is 10.5. The van der Waals surface area contributed by atoms with Crippen molar-refractivity contribution >= 4 is 35.2 Å². The van der Waals surface area contributed by atoms with E-state index in [1.807, 2.05) is 10.8 Å². The molecule has 0 bridgehead atoms. The molecule has 5 rings (SSSR count). The van der Waals surface area contributed by atoms with Gasteiger partial charge in [-0.3, -0.25) is 9.59 Å². The monoisotopic (exact) mass is 610 g/mol. The lowest BCUT2D eigenvalue weighted by atomic mass is 9.64. The zero-order chi connectivity index (χ0) is 30.4. The molecule has 2 heterocycles. The Hall–Kier alpha value is -2.82. The molecule has 0 fully saturated rings. The molecular weight excluding hydrogens is 565 g/mol. The van der Waals surface area contributed by atoms with Crippen LogP contribution in [0.2, 0.25) is 0 Å². The van der Waals surface area contributed by atoms with Crippen molar-refractivity contribution in [2.24, 2.45) is 11.8 Å². The summed E-state index contributed by atoms with van der Waals surface area (Å²) >= 11 is 3.04. The van der Waals surface area contributed by atoms with E-state index in [0.29, 0.717) is 11.8 Å². The molecule has 0 spiro atoms. The number of benzene rings is 2. The minimum absolute atomic E-state index is 0.117. The number of fused-ring (bicyclic) bond motifs is 3. The van der Waals surface area contributed by atoms with Crippen molar-refractivity contribution in [2.75, 3.05) is 0 Å². The summed E-state index contributed by atoms with van der Waals surface area (Å²) in [4.78, 5) is 25.5. The van der Waals surface area contributed by atoms with Crippen molar-refractivity contribution in [3.63, 3.8) is 0 Å². The van der Waals surface area contributed by atoms with Crippen LogP contribution in [0.25, 0.3) is 33.4 Å². The number of rotatable bonds is 16. The van der Waals surface area contributed by atoms with Crippen molar-refractivity contribution < 1.29 is 9.59 Å². The van der Waals surface area contributed by atoms with Gasteiger partial charge in [-0.05, 0) is 93.1 Å². The summed E-state index contributed by atoms with van der Waals surface area (Å²) in [5, 5.41) is 4.06. The number of unbranched alkanes of at least 4 members (excludes halogenated alkanes) is 2. The Morgan fingerprint density at radius 2 is 1.07 bits per heavy atom. The first-order valence-corrected chi connectivity index (χ1v) is 18.1. The molecule has 1 aliphatic rings. The minimum Gasteiger partial charge on any atom is -0.297 e. The molecule has 4 heteroatoms. The first-order valence-electron chi connectivity index (χ1n) is 16.4. The highest BCUT2D eigenvalue weighted by Gasteiger charge is 2.45. The third-order valence-corrected chi connectivity index (χ3v) is 11.6. The van der Waals surface area contributed by atoms with Crippen LogP contribution >= 0.6 is 22.7 Å². The molecule has 226 valence electrons. The van der Waals surface area contributed by atoms with Gasteiger partial charge in [0.05, 0.1) is 9.75 Å². The van der Waals surface area contributed by atoms with Crippen molar-refractivity contribution in [3.8, 4) is 33.4 Å². The SMILES string of the molecule is CCCCC(CC)CC1(CC(CC)CCCC)c2cc(-c3ccsc3C=O)ccc2-c2ccc(-c3ccsc3C=O)cc21. The van der Waals surface area contributed by atoms with Crippen LogP contribution in [0, 0.1) is 11.8 Å². The lowest BCUT2D eigenvalue weighted by Gasteiger charge is -2.39. The van der Waals surface area contributed by atoms with Crippen LogP contribution in [0.5, 0.6) is 0 Å². The van der Waals surface area contributed by atoms with Gasteiger partial charge >= 0.3 is 0 Å². The molecule has 43 heavy (non-hydrogen) atoms. The molecule has 0 N–H and O–H groups in total. The maximum Gasteiger partial charge on any atom is 0.160 e. The summed E-state index contributed by atoms with van der Waals surface area (Å²) in [7, 11) is 0. The van der Waals surface area contributed by atoms with Crippen LogP contribution in [0.1, 0.15) is 122 Å². The molecular formula is C39H46O2S2. The second kappa shape index (κ2) is 14.3. The van der Waals surface area contributed by atoms with Gasteiger partial charge in [-0.1, -0.05) is 103 Å². The van der Waals surface area contributed by atoms with Crippen molar-refractivity contribution in [3.05, 3.63) is 80.2 Å². The van der Waals surface area contributed by atoms with Gasteiger partial charge in [0.15, 0.2) is 12.6 Å². The first-order chi connectivity index (χ1) is 21.0. The molecule has 0 aliphatic heterocycles. The standard InChI is InChI=1S/C39H46O2S2/c1-5-9-11-27(7-3)23-39(24-28(8-4)12-10-6-2)35-21-29(31-17-19-42-37(31)25-40)13-15-33(35)34-16-14-30(22-36(34)39)32-18-20-43-38(32)26-41/h13-22,25-28H,5-12,23-24H2,1-4H3. The van der Waals surface area contributed by atoms with Gasteiger partial charge < -0.3 is 0 Å². The second-order valence-corrected chi connectivity index (χ2v) is 14.4. The Labute approximate surface area is 266 Å². The molecule has 2 aromatic carbocycles. The summed E-state index contributed by atoms with van der Waals surface area (Å²) in [6.45, 7) is 9.34. The predicted molar refractivity (Wildman–Crippen MR) is 186 cm³/mol. The molecule has 1 aliphatic carbocycles. The van der Waals surface area contributed by atoms with Crippen LogP contribution in [0.4, 0.5) is 0 Å². The van der Waals surface area contributed by atoms with Gasteiger partial charge in [-0.2, -0.15) is 0 Å². The van der Waals surface area contributed by atoms with E-state index >= 15 is 0 Å². The van der Waals surface area contributed by atoms with Crippen LogP contribution in [0.3, 0.4) is 0 Å². The first kappa shape index (κ1) is 31.6. The summed E-state index contributed by atoms with van der Waals surface area (Å²) < 4.78 is 0. The van der Waals surface area contributed by atoms with E-state index in [-0.39, 0.29) is 5.41 Å². The molecule has 2 unspecified atom stereocenters. The van der Waals surface area contributed by atoms with Gasteiger partial charge in [0.25, 0.3) is 0 Å². The number of hydrogen-bond acceptors (Lipinski definition) is 4. The Morgan fingerprint density at radius 1 is 0.628 bits per heavy atom. The maximum atomic E-state index is 12.0. The number of hydrogen-bond donors (Lipinski definition) is 0. The zero-order valence-electron chi connectivity index (χ0n) is 26.3. The highest BCUT2D eigenvalue weighted by molar-refractivity contribution is 7.12. The fraction of sp³-hybridized carbons (Fsp3) is 0.436. The molecule has 2 nitrogen and oxygen atoms in total. The van der Waals surface area contributed by atoms with Crippen molar-refractivity contribution in [1.82, 2.24) is 0 Å². The van der Waals surface area contributed by atoms with Crippen LogP contribution < -0.4 is 0 Å². The third-order valence-electron chi connectivity index (χ3n) is 9.95. The highest BCUT2D eigenvalue weighted by Crippen LogP contribution is 2.57. The van der Waals surface area contributed by atoms with E-state index in [1.54, 1.807) is 0 Å². The van der Waals surface area contributed by atoms with Crippen LogP contribution in [-0.2, 0) is 5.41 Å². The van der Waals surface area contributed by atoms with E-state index < -0.39 is 0 Å². The number of aldehydes is 2. The third kappa shape index (κ3) is 6.24. The number of carbonyl (C=O) groups is 2. The Morgan fingerprint density at radius 3 is 1.44 bits per heavy atom. The smallest absolute Gasteiger partial charge is 0.160 e.